The Morgan fingerprint density at radius 3 is 2.53 bits per heavy atom. The summed E-state index contributed by atoms with van der Waals surface area (Å²) in [7, 11) is 0. The van der Waals surface area contributed by atoms with Gasteiger partial charge in [-0.25, -0.2) is 8.78 Å². The van der Waals surface area contributed by atoms with Crippen LogP contribution in [0.15, 0.2) is 18.2 Å². The van der Waals surface area contributed by atoms with Crippen LogP contribution in [0.5, 0.6) is 0 Å². The van der Waals surface area contributed by atoms with Crippen LogP contribution in [0.25, 0.3) is 0 Å². The molecule has 2 aliphatic heterocycles. The van der Waals surface area contributed by atoms with Gasteiger partial charge in [-0.3, -0.25) is 9.59 Å². The van der Waals surface area contributed by atoms with Crippen LogP contribution >= 0.6 is 0 Å². The average molecular weight is 421 g/mol. The molecule has 0 bridgehead atoms. The van der Waals surface area contributed by atoms with Gasteiger partial charge in [-0.1, -0.05) is 25.3 Å². The second-order valence-electron chi connectivity index (χ2n) is 8.94. The monoisotopic (exact) mass is 420 g/mol. The molecular formula is C23H30F2N2O3. The van der Waals surface area contributed by atoms with E-state index in [2.05, 4.69) is 5.32 Å². The van der Waals surface area contributed by atoms with Gasteiger partial charge in [-0.05, 0) is 50.7 Å². The number of rotatable bonds is 4. The molecule has 164 valence electrons. The van der Waals surface area contributed by atoms with Crippen LogP contribution in [-0.4, -0.2) is 48.1 Å². The van der Waals surface area contributed by atoms with Gasteiger partial charge in [0, 0.05) is 25.6 Å². The highest BCUT2D eigenvalue weighted by Crippen LogP contribution is 2.39. The number of likely N-dealkylation sites (tertiary alicyclic amines) is 1. The summed E-state index contributed by atoms with van der Waals surface area (Å²) in [6.07, 6.45) is 8.58. The Morgan fingerprint density at radius 2 is 1.80 bits per heavy atom. The number of amides is 2. The van der Waals surface area contributed by atoms with Gasteiger partial charge in [-0.15, -0.1) is 0 Å². The Balaban J connectivity index is 1.26. The zero-order valence-electron chi connectivity index (χ0n) is 17.3. The number of hydrogen-bond donors (Lipinski definition) is 1. The Kier molecular flexibility index (Phi) is 6.37. The summed E-state index contributed by atoms with van der Waals surface area (Å²) in [6, 6.07) is 3.68. The van der Waals surface area contributed by atoms with Crippen molar-refractivity contribution in [1.29, 1.82) is 0 Å². The quantitative estimate of drug-likeness (QED) is 0.806. The zero-order valence-corrected chi connectivity index (χ0v) is 17.3. The molecule has 1 spiro atoms. The van der Waals surface area contributed by atoms with E-state index in [1.54, 1.807) is 4.90 Å². The van der Waals surface area contributed by atoms with Crippen LogP contribution in [0, 0.1) is 17.6 Å². The highest BCUT2D eigenvalue weighted by molar-refractivity contribution is 5.94. The first kappa shape index (κ1) is 21.2. The van der Waals surface area contributed by atoms with Crippen LogP contribution in [-0.2, 0) is 9.53 Å². The highest BCUT2D eigenvalue weighted by atomic mass is 19.2. The first-order valence-corrected chi connectivity index (χ1v) is 11.2. The van der Waals surface area contributed by atoms with Gasteiger partial charge < -0.3 is 15.0 Å². The van der Waals surface area contributed by atoms with Gasteiger partial charge in [0.05, 0.1) is 17.3 Å². The molecule has 3 fully saturated rings. The van der Waals surface area contributed by atoms with Crippen molar-refractivity contribution in [2.24, 2.45) is 5.92 Å². The summed E-state index contributed by atoms with van der Waals surface area (Å²) in [5, 5.41) is 3.07. The summed E-state index contributed by atoms with van der Waals surface area (Å²) in [5.41, 5.74) is -0.501. The molecule has 5 nitrogen and oxygen atoms in total. The van der Waals surface area contributed by atoms with Crippen molar-refractivity contribution in [1.82, 2.24) is 10.2 Å². The van der Waals surface area contributed by atoms with Crippen molar-refractivity contribution >= 4 is 11.8 Å². The van der Waals surface area contributed by atoms with Crippen molar-refractivity contribution in [3.8, 4) is 0 Å². The van der Waals surface area contributed by atoms with Gasteiger partial charge in [0.1, 0.15) is 0 Å². The number of carbonyl (C=O) groups excluding carboxylic acids is 2. The molecule has 2 saturated heterocycles. The highest BCUT2D eigenvalue weighted by Gasteiger charge is 2.43. The lowest BCUT2D eigenvalue weighted by atomic mass is 9.88. The maximum absolute atomic E-state index is 14.0. The SMILES string of the molecule is O=C(NC[C@H]1CCC2(CCN(C(=O)c3cccc(F)c3F)CC2)O1)C1CCCCC1. The third-order valence-corrected chi connectivity index (χ3v) is 6.96. The smallest absolute Gasteiger partial charge is 0.256 e. The second kappa shape index (κ2) is 9.00. The second-order valence-corrected chi connectivity index (χ2v) is 8.94. The molecule has 7 heteroatoms. The molecule has 4 rings (SSSR count). The number of benzene rings is 1. The molecule has 3 aliphatic rings. The predicted octanol–water partition coefficient (Wildman–Crippen LogP) is 3.82. The van der Waals surface area contributed by atoms with Gasteiger partial charge in [0.2, 0.25) is 5.91 Å². The minimum atomic E-state index is -1.09. The van der Waals surface area contributed by atoms with Crippen LogP contribution in [0.1, 0.15) is 68.1 Å². The molecule has 1 aliphatic carbocycles. The van der Waals surface area contributed by atoms with E-state index >= 15 is 0 Å². The largest absolute Gasteiger partial charge is 0.370 e. The van der Waals surface area contributed by atoms with E-state index in [9.17, 15) is 18.4 Å². The number of ether oxygens (including phenoxy) is 1. The summed E-state index contributed by atoms with van der Waals surface area (Å²) in [5.74, 6) is -2.28. The Morgan fingerprint density at radius 1 is 1.07 bits per heavy atom. The van der Waals surface area contributed by atoms with E-state index in [0.29, 0.717) is 32.5 Å². The van der Waals surface area contributed by atoms with Crippen molar-refractivity contribution < 1.29 is 23.1 Å². The van der Waals surface area contributed by atoms with Gasteiger partial charge in [0.25, 0.3) is 5.91 Å². The van der Waals surface area contributed by atoms with Crippen LogP contribution in [0.4, 0.5) is 8.78 Å². The van der Waals surface area contributed by atoms with Gasteiger partial charge in [-0.2, -0.15) is 0 Å². The van der Waals surface area contributed by atoms with Crippen LogP contribution in [0.2, 0.25) is 0 Å². The average Bonchev–Trinajstić information content (AvgIpc) is 3.17. The summed E-state index contributed by atoms with van der Waals surface area (Å²) in [4.78, 5) is 26.5. The lowest BCUT2D eigenvalue weighted by Crippen LogP contribution is -2.47. The number of hydrogen-bond acceptors (Lipinski definition) is 3. The standard InChI is InChI=1S/C23H30F2N2O3/c24-19-8-4-7-18(20(19)25)22(29)27-13-11-23(12-14-27)10-9-17(30-23)15-26-21(28)16-5-2-1-3-6-16/h4,7-8,16-17H,1-3,5-6,9-15H2,(H,26,28)/t17-/m1/s1. The lowest BCUT2D eigenvalue weighted by Gasteiger charge is -2.39. The van der Waals surface area contributed by atoms with Crippen LogP contribution in [0.3, 0.4) is 0 Å². The van der Waals surface area contributed by atoms with Gasteiger partial charge >= 0.3 is 0 Å². The summed E-state index contributed by atoms with van der Waals surface area (Å²) in [6.45, 7) is 1.44. The van der Waals surface area contributed by atoms with E-state index in [-0.39, 0.29) is 29.1 Å². The molecule has 0 aromatic heterocycles. The van der Waals surface area contributed by atoms with E-state index in [1.807, 2.05) is 0 Å². The van der Waals surface area contributed by atoms with Crippen molar-refractivity contribution in [2.45, 2.75) is 69.5 Å². The first-order valence-electron chi connectivity index (χ1n) is 11.2. The van der Waals surface area contributed by atoms with Crippen molar-refractivity contribution in [2.75, 3.05) is 19.6 Å². The molecule has 0 unspecified atom stereocenters. The fraction of sp³-hybridized carbons (Fsp3) is 0.652. The maximum Gasteiger partial charge on any atom is 0.256 e. The molecule has 1 aromatic rings. The minimum Gasteiger partial charge on any atom is -0.370 e. The topological polar surface area (TPSA) is 58.6 Å². The number of nitrogens with zero attached hydrogens (tertiary/aromatic N) is 1. The zero-order chi connectivity index (χ0) is 21.1. The van der Waals surface area contributed by atoms with Gasteiger partial charge in [0.15, 0.2) is 11.6 Å². The summed E-state index contributed by atoms with van der Waals surface area (Å²) < 4.78 is 33.7. The Labute approximate surface area is 176 Å². The molecule has 0 radical (unpaired) electrons. The molecule has 1 aromatic carbocycles. The molecule has 2 heterocycles. The van der Waals surface area contributed by atoms with E-state index in [4.69, 9.17) is 4.74 Å². The molecular weight excluding hydrogens is 390 g/mol. The normalized spacial score (nSPS) is 24.2. The predicted molar refractivity (Wildman–Crippen MR) is 108 cm³/mol. The molecule has 1 atom stereocenters. The van der Waals surface area contributed by atoms with Crippen LogP contribution < -0.4 is 5.32 Å². The Bertz CT molecular complexity index is 787. The third-order valence-electron chi connectivity index (χ3n) is 6.96. The minimum absolute atomic E-state index is 0.000422. The Hall–Kier alpha value is -2.02. The third kappa shape index (κ3) is 4.51. The van der Waals surface area contributed by atoms with E-state index in [1.165, 1.54) is 18.6 Å². The summed E-state index contributed by atoms with van der Waals surface area (Å²) >= 11 is 0. The van der Waals surface area contributed by atoms with E-state index < -0.39 is 17.5 Å². The maximum atomic E-state index is 14.0. The number of piperidine rings is 1. The fourth-order valence-corrected chi connectivity index (χ4v) is 5.09. The number of carbonyl (C=O) groups is 2. The van der Waals surface area contributed by atoms with Crippen molar-refractivity contribution in [3.05, 3.63) is 35.4 Å². The van der Waals surface area contributed by atoms with E-state index in [0.717, 1.165) is 44.6 Å². The molecule has 30 heavy (non-hydrogen) atoms. The molecule has 1 N–H and O–H groups in total. The lowest BCUT2D eigenvalue weighted by molar-refractivity contribution is -0.127. The first-order chi connectivity index (χ1) is 14.5. The number of nitrogens with one attached hydrogen (secondary N) is 1. The number of halogens is 2. The molecule has 2 amide bonds. The fourth-order valence-electron chi connectivity index (χ4n) is 5.09. The van der Waals surface area contributed by atoms with Crippen molar-refractivity contribution in [3.63, 3.8) is 0 Å². The molecule has 1 saturated carbocycles.